The zero-order chi connectivity index (χ0) is 49.6. The van der Waals surface area contributed by atoms with Crippen LogP contribution in [0.5, 0.6) is 0 Å². The molecule has 4 aromatic rings. The maximum atomic E-state index is 14.1. The lowest BCUT2D eigenvalue weighted by molar-refractivity contribution is -0.219. The number of hydrogen-bond donors (Lipinski definition) is 0. The summed E-state index contributed by atoms with van der Waals surface area (Å²) >= 11 is 0. The second kappa shape index (κ2) is 22.4. The van der Waals surface area contributed by atoms with Gasteiger partial charge in [0.05, 0.1) is 11.4 Å². The molecular weight excluding hydrogens is 909 g/mol. The van der Waals surface area contributed by atoms with Crippen LogP contribution < -0.4 is 0 Å². The van der Waals surface area contributed by atoms with Gasteiger partial charge in [0, 0.05) is 114 Å². The van der Waals surface area contributed by atoms with Crippen molar-refractivity contribution in [3.05, 3.63) is 155 Å². The average molecular weight is 975 g/mol. The number of likely N-dealkylation sites (tertiary alicyclic amines) is 4. The number of carbonyl (C=O) groups excluding carboxylic acids is 4. The first-order valence-corrected chi connectivity index (χ1v) is 25.7. The Morgan fingerprint density at radius 3 is 1.28 bits per heavy atom. The van der Waals surface area contributed by atoms with Crippen LogP contribution in [0.15, 0.2) is 122 Å². The summed E-state index contributed by atoms with van der Waals surface area (Å²) in [6, 6.07) is 24.9. The minimum atomic E-state index is -0.848. The summed E-state index contributed by atoms with van der Waals surface area (Å²) in [5.74, 6) is -1.79. The summed E-state index contributed by atoms with van der Waals surface area (Å²) in [6.45, 7) is 9.05. The van der Waals surface area contributed by atoms with Crippen LogP contribution >= 0.6 is 0 Å². The molecule has 4 saturated heterocycles. The number of pyridine rings is 2. The van der Waals surface area contributed by atoms with E-state index in [1.807, 2.05) is 0 Å². The van der Waals surface area contributed by atoms with Crippen molar-refractivity contribution in [2.24, 2.45) is 0 Å². The number of carbonyl (C=O) groups is 4. The van der Waals surface area contributed by atoms with Gasteiger partial charge in [-0.2, -0.15) is 10.1 Å². The summed E-state index contributed by atoms with van der Waals surface area (Å²) in [5, 5.41) is 2.94. The van der Waals surface area contributed by atoms with Gasteiger partial charge in [-0.15, -0.1) is 0 Å². The van der Waals surface area contributed by atoms with Crippen molar-refractivity contribution in [3.63, 3.8) is 0 Å². The van der Waals surface area contributed by atoms with E-state index >= 15 is 0 Å². The third-order valence-electron chi connectivity index (χ3n) is 15.2. The normalized spacial score (nSPS) is 24.0. The number of aromatic nitrogens is 2. The van der Waals surface area contributed by atoms with E-state index < -0.39 is 24.5 Å². The van der Waals surface area contributed by atoms with E-state index in [2.05, 4.69) is 78.1 Å². The molecule has 376 valence electrons. The van der Waals surface area contributed by atoms with Crippen LogP contribution in [0.2, 0.25) is 0 Å². The maximum absolute atomic E-state index is 14.1. The van der Waals surface area contributed by atoms with E-state index in [0.717, 1.165) is 77.1 Å². The fourth-order valence-corrected chi connectivity index (χ4v) is 11.4. The zero-order valence-corrected chi connectivity index (χ0v) is 41.5. The molecule has 6 aliphatic rings. The fraction of sp³-hybridized carbons (Fsp3) is 0.429. The second-order valence-electron chi connectivity index (χ2n) is 20.0. The molecule has 2 aromatic carbocycles. The predicted octanol–water partition coefficient (Wildman–Crippen LogP) is 6.40. The number of hydrogen-bond acceptors (Lipinski definition) is 14. The quantitative estimate of drug-likeness (QED) is 0.129. The molecule has 0 radical (unpaired) electrons. The number of amides is 2. The highest BCUT2D eigenvalue weighted by molar-refractivity contribution is 5.98. The number of hydroxylamine groups is 4. The monoisotopic (exact) mass is 975 g/mol. The molecule has 4 fully saturated rings. The first kappa shape index (κ1) is 48.9. The van der Waals surface area contributed by atoms with Crippen molar-refractivity contribution in [1.29, 1.82) is 0 Å². The fourth-order valence-electron chi connectivity index (χ4n) is 11.4. The van der Waals surface area contributed by atoms with Crippen molar-refractivity contribution in [1.82, 2.24) is 49.5 Å². The molecule has 0 aliphatic carbocycles. The van der Waals surface area contributed by atoms with Crippen LogP contribution in [0, 0.1) is 0 Å². The van der Waals surface area contributed by atoms with Gasteiger partial charge in [-0.25, -0.2) is 9.59 Å². The molecule has 0 N–H and O–H groups in total. The van der Waals surface area contributed by atoms with Crippen molar-refractivity contribution in [2.45, 2.75) is 88.9 Å². The molecule has 0 bridgehead atoms. The molecule has 0 saturated carbocycles. The lowest BCUT2D eigenvalue weighted by atomic mass is 9.90. The highest BCUT2D eigenvalue weighted by Gasteiger charge is 2.43. The van der Waals surface area contributed by atoms with Gasteiger partial charge in [0.1, 0.15) is 0 Å². The molecule has 10 rings (SSSR count). The number of nitrogens with zero attached hydrogens (tertiary/aromatic N) is 10. The third kappa shape index (κ3) is 11.2. The van der Waals surface area contributed by atoms with Crippen LogP contribution in [-0.4, -0.2) is 152 Å². The van der Waals surface area contributed by atoms with Gasteiger partial charge in [0.2, 0.25) is 0 Å². The lowest BCUT2D eigenvalue weighted by Crippen LogP contribution is -2.62. The molecule has 2 amide bonds. The molecule has 8 heterocycles. The highest BCUT2D eigenvalue weighted by atomic mass is 16.7. The van der Waals surface area contributed by atoms with Crippen molar-refractivity contribution >= 4 is 35.1 Å². The largest absolute Gasteiger partial charge is 0.356 e. The maximum Gasteiger partial charge on any atom is 0.356 e. The number of likely N-dealkylation sites (N-methyl/N-ethyl adjacent to an activating group) is 2. The Morgan fingerprint density at radius 2 is 0.903 bits per heavy atom. The summed E-state index contributed by atoms with van der Waals surface area (Å²) < 4.78 is 0. The first-order chi connectivity index (χ1) is 35.1. The number of benzene rings is 2. The number of piperidine rings is 2. The standard InChI is InChI=1S/C56H66N10O6/c1-59-51(67)35-49(45-21-25-57-26-22-45)65(55(59)63-33-7-9-47(39-63)43-15-11-41(12-16-43)37-61-29-3-4-30-61)71-53(69)19-20-54(70)72-66-50(46-23-27-58-28-24-46)36-52(68)60(2)56(66)64-34-8-10-48(40-64)44-17-13-42(14-18-44)38-62-31-5-6-32-62/h11-28,35-36,47-48,55-56H,3-10,29-34,37-40H2,1-2H3/b20-19+. The molecule has 4 unspecified atom stereocenters. The molecule has 16 nitrogen and oxygen atoms in total. The minimum absolute atomic E-state index is 0.191. The van der Waals surface area contributed by atoms with Gasteiger partial charge in [-0.1, -0.05) is 48.5 Å². The predicted molar refractivity (Wildman–Crippen MR) is 272 cm³/mol. The SMILES string of the molecule is CN1C(=O)C=C(c2ccncc2)N(OC(=O)/C=C/C(=O)ON2C(c3ccncc3)=CC(=O)N(C)C2N2CCCC(c3ccc(CN4CCCC4)cc3)C2)C1N1CCCC(c2ccc(CN3CCCC3)cc2)C1. The Hall–Kier alpha value is -6.72. The van der Waals surface area contributed by atoms with E-state index in [1.165, 1.54) is 70.2 Å². The van der Waals surface area contributed by atoms with Gasteiger partial charge in [-0.05, 0) is 136 Å². The van der Waals surface area contributed by atoms with Gasteiger partial charge in [-0.3, -0.25) is 39.2 Å². The minimum Gasteiger partial charge on any atom is -0.333 e. The lowest BCUT2D eigenvalue weighted by Gasteiger charge is -2.48. The molecule has 4 atom stereocenters. The summed E-state index contributed by atoms with van der Waals surface area (Å²) in [6.07, 6.45) is 18.6. The third-order valence-corrected chi connectivity index (χ3v) is 15.2. The van der Waals surface area contributed by atoms with Crippen molar-refractivity contribution in [3.8, 4) is 0 Å². The average Bonchev–Trinajstić information content (AvgIpc) is 4.14. The second-order valence-corrected chi connectivity index (χ2v) is 20.0. The van der Waals surface area contributed by atoms with E-state index in [9.17, 15) is 19.2 Å². The van der Waals surface area contributed by atoms with Gasteiger partial charge in [0.15, 0.2) is 12.6 Å². The Bertz CT molecular complexity index is 2450. The Labute approximate surface area is 422 Å². The molecule has 2 aromatic heterocycles. The Morgan fingerprint density at radius 1 is 0.528 bits per heavy atom. The first-order valence-electron chi connectivity index (χ1n) is 25.7. The van der Waals surface area contributed by atoms with Gasteiger partial charge >= 0.3 is 11.9 Å². The number of rotatable bonds is 14. The van der Waals surface area contributed by atoms with E-state index in [-0.39, 0.29) is 23.7 Å². The molecule has 6 aliphatic heterocycles. The van der Waals surface area contributed by atoms with Gasteiger partial charge in [0.25, 0.3) is 11.8 Å². The van der Waals surface area contributed by atoms with Crippen molar-refractivity contribution < 1.29 is 28.9 Å². The van der Waals surface area contributed by atoms with E-state index in [1.54, 1.807) is 72.9 Å². The summed E-state index contributed by atoms with van der Waals surface area (Å²) in [7, 11) is 3.41. The molecular formula is C56H66N10O6. The summed E-state index contributed by atoms with van der Waals surface area (Å²) in [5.41, 5.74) is 7.11. The molecule has 72 heavy (non-hydrogen) atoms. The smallest absolute Gasteiger partial charge is 0.333 e. The highest BCUT2D eigenvalue weighted by Crippen LogP contribution is 2.37. The van der Waals surface area contributed by atoms with E-state index in [4.69, 9.17) is 9.68 Å². The van der Waals surface area contributed by atoms with Crippen LogP contribution in [0.3, 0.4) is 0 Å². The van der Waals surface area contributed by atoms with Crippen LogP contribution in [0.4, 0.5) is 0 Å². The Kier molecular flexibility index (Phi) is 15.2. The molecule has 0 spiro atoms. The van der Waals surface area contributed by atoms with Crippen LogP contribution in [0.1, 0.15) is 96.6 Å². The molecule has 16 heteroatoms. The van der Waals surface area contributed by atoms with Crippen LogP contribution in [-0.2, 0) is 41.9 Å². The van der Waals surface area contributed by atoms with E-state index in [0.29, 0.717) is 48.7 Å². The topological polar surface area (TPSA) is 138 Å². The van der Waals surface area contributed by atoms with Gasteiger partial charge < -0.3 is 19.5 Å². The van der Waals surface area contributed by atoms with Crippen LogP contribution in [0.25, 0.3) is 11.4 Å². The van der Waals surface area contributed by atoms with Crippen molar-refractivity contribution in [2.75, 3.05) is 66.5 Å². The Balaban J connectivity index is 0.868. The summed E-state index contributed by atoms with van der Waals surface area (Å²) in [4.78, 5) is 89.1. The zero-order valence-electron chi connectivity index (χ0n) is 41.5.